The average Bonchev–Trinajstić information content (AvgIpc) is 2.93. The van der Waals surface area contributed by atoms with Gasteiger partial charge in [0, 0.05) is 18.8 Å². The van der Waals surface area contributed by atoms with Crippen LogP contribution in [0.3, 0.4) is 0 Å². The Hall–Kier alpha value is -0.633. The highest BCUT2D eigenvalue weighted by atomic mass is 28.4. The summed E-state index contributed by atoms with van der Waals surface area (Å²) in [4.78, 5) is 13.6. The molecule has 0 radical (unpaired) electrons. The van der Waals surface area contributed by atoms with Crippen molar-refractivity contribution in [1.29, 1.82) is 0 Å². The Morgan fingerprint density at radius 1 is 1.27 bits per heavy atom. The lowest BCUT2D eigenvalue weighted by Crippen LogP contribution is -2.59. The Bertz CT molecular complexity index is 464. The standard InChI is InChI=1S/C19H39NO5Si/c1-18(2,3)20(17(22)23)15(11-14-9-10-24-13-14)16(12-21)25-26(7,8)19(4,5)6/h14-16,21H,9-13H2,1-8H3,(H,22,23)/t14?,15?,16-/m1/s1. The molecular weight excluding hydrogens is 350 g/mol. The highest BCUT2D eigenvalue weighted by Gasteiger charge is 2.45. The number of hydrogen-bond acceptors (Lipinski definition) is 4. The first-order valence-electron chi connectivity index (χ1n) is 9.59. The molecule has 26 heavy (non-hydrogen) atoms. The fourth-order valence-electron chi connectivity index (χ4n) is 3.25. The van der Waals surface area contributed by atoms with Crippen molar-refractivity contribution in [3.8, 4) is 0 Å². The van der Waals surface area contributed by atoms with Crippen molar-refractivity contribution >= 4 is 14.4 Å². The lowest BCUT2D eigenvalue weighted by Gasteiger charge is -2.47. The average molecular weight is 390 g/mol. The molecule has 0 saturated carbocycles. The second-order valence-corrected chi connectivity index (χ2v) is 14.7. The summed E-state index contributed by atoms with van der Waals surface area (Å²) in [5.41, 5.74) is -0.583. The minimum Gasteiger partial charge on any atom is -0.465 e. The molecule has 154 valence electrons. The summed E-state index contributed by atoms with van der Waals surface area (Å²) in [7, 11) is -2.16. The first-order valence-corrected chi connectivity index (χ1v) is 12.5. The first-order chi connectivity index (χ1) is 11.7. The van der Waals surface area contributed by atoms with E-state index in [9.17, 15) is 15.0 Å². The van der Waals surface area contributed by atoms with Crippen molar-refractivity contribution in [1.82, 2.24) is 4.90 Å². The van der Waals surface area contributed by atoms with Crippen molar-refractivity contribution in [3.05, 3.63) is 0 Å². The number of nitrogens with zero attached hydrogens (tertiary/aromatic N) is 1. The van der Waals surface area contributed by atoms with E-state index < -0.39 is 32.1 Å². The summed E-state index contributed by atoms with van der Waals surface area (Å²) in [6, 6.07) is -0.404. The molecule has 6 nitrogen and oxygen atoms in total. The Morgan fingerprint density at radius 2 is 1.85 bits per heavy atom. The third-order valence-corrected chi connectivity index (χ3v) is 10.2. The van der Waals surface area contributed by atoms with Gasteiger partial charge in [0.25, 0.3) is 0 Å². The maximum Gasteiger partial charge on any atom is 0.408 e. The Morgan fingerprint density at radius 3 is 2.19 bits per heavy atom. The van der Waals surface area contributed by atoms with Crippen LogP contribution >= 0.6 is 0 Å². The van der Waals surface area contributed by atoms with Gasteiger partial charge in [-0.05, 0) is 57.7 Å². The second kappa shape index (κ2) is 8.58. The van der Waals surface area contributed by atoms with Crippen molar-refractivity contribution in [2.24, 2.45) is 5.92 Å². The monoisotopic (exact) mass is 389 g/mol. The molecule has 2 unspecified atom stereocenters. The molecule has 0 aliphatic carbocycles. The van der Waals surface area contributed by atoms with E-state index >= 15 is 0 Å². The molecule has 0 aromatic carbocycles. The summed E-state index contributed by atoms with van der Waals surface area (Å²) in [6.45, 7) is 17.5. The molecule has 1 aliphatic rings. The zero-order chi connectivity index (χ0) is 20.3. The smallest absolute Gasteiger partial charge is 0.408 e. The van der Waals surface area contributed by atoms with Crippen LogP contribution in [0, 0.1) is 5.92 Å². The van der Waals surface area contributed by atoms with Gasteiger partial charge in [0.2, 0.25) is 0 Å². The first kappa shape index (κ1) is 23.4. The number of ether oxygens (including phenoxy) is 1. The van der Waals surface area contributed by atoms with Crippen LogP contribution in [0.5, 0.6) is 0 Å². The highest BCUT2D eigenvalue weighted by Crippen LogP contribution is 2.39. The van der Waals surface area contributed by atoms with Crippen LogP contribution in [0.15, 0.2) is 0 Å². The number of carbonyl (C=O) groups is 1. The maximum atomic E-state index is 12.1. The van der Waals surface area contributed by atoms with E-state index in [1.807, 2.05) is 20.8 Å². The summed E-state index contributed by atoms with van der Waals surface area (Å²) in [5.74, 6) is 0.293. The zero-order valence-corrected chi connectivity index (χ0v) is 18.8. The molecule has 3 atom stereocenters. The molecule has 1 rings (SSSR count). The number of amides is 1. The number of aliphatic hydroxyl groups excluding tert-OH is 1. The van der Waals surface area contributed by atoms with Gasteiger partial charge >= 0.3 is 6.09 Å². The van der Waals surface area contributed by atoms with E-state index in [1.54, 1.807) is 0 Å². The van der Waals surface area contributed by atoms with Crippen LogP contribution in [-0.2, 0) is 9.16 Å². The molecule has 1 fully saturated rings. The van der Waals surface area contributed by atoms with E-state index in [4.69, 9.17) is 9.16 Å². The normalized spacial score (nSPS) is 21.5. The molecule has 1 amide bonds. The fraction of sp³-hybridized carbons (Fsp3) is 0.947. The van der Waals surface area contributed by atoms with Gasteiger partial charge in [0.15, 0.2) is 8.32 Å². The van der Waals surface area contributed by atoms with Gasteiger partial charge in [-0.3, -0.25) is 4.90 Å². The molecule has 1 aliphatic heterocycles. The van der Waals surface area contributed by atoms with E-state index in [2.05, 4.69) is 33.9 Å². The second-order valence-electron chi connectivity index (χ2n) is 9.96. The predicted molar refractivity (Wildman–Crippen MR) is 106 cm³/mol. The maximum absolute atomic E-state index is 12.1. The van der Waals surface area contributed by atoms with E-state index in [-0.39, 0.29) is 11.6 Å². The van der Waals surface area contributed by atoms with Crippen molar-refractivity contribution < 1.29 is 24.2 Å². The Balaban J connectivity index is 3.20. The van der Waals surface area contributed by atoms with Crippen LogP contribution in [0.1, 0.15) is 54.4 Å². The van der Waals surface area contributed by atoms with Crippen molar-refractivity contribution in [2.75, 3.05) is 19.8 Å². The molecule has 0 spiro atoms. The number of aliphatic hydroxyl groups is 1. The lowest BCUT2D eigenvalue weighted by atomic mass is 9.91. The van der Waals surface area contributed by atoms with Gasteiger partial charge < -0.3 is 19.4 Å². The molecular formula is C19H39NO5Si. The number of carboxylic acid groups (broad SMARTS) is 1. The zero-order valence-electron chi connectivity index (χ0n) is 17.8. The summed E-state index contributed by atoms with van der Waals surface area (Å²) in [6.07, 6.45) is 0.0565. The fourth-order valence-corrected chi connectivity index (χ4v) is 4.60. The summed E-state index contributed by atoms with van der Waals surface area (Å²) >= 11 is 0. The SMILES string of the molecule is CC(C)(C)N(C(=O)O)C(CC1CCOC1)[C@@H](CO)O[Si](C)(C)C(C)(C)C. The number of rotatable bonds is 7. The molecule has 1 heterocycles. The quantitative estimate of drug-likeness (QED) is 0.645. The number of hydrogen-bond donors (Lipinski definition) is 2. The third kappa shape index (κ3) is 5.94. The van der Waals surface area contributed by atoms with Gasteiger partial charge in [0.05, 0.1) is 18.8 Å². The molecule has 2 N–H and O–H groups in total. The Kier molecular flexibility index (Phi) is 7.73. The van der Waals surface area contributed by atoms with Crippen LogP contribution < -0.4 is 0 Å². The summed E-state index contributed by atoms with van der Waals surface area (Å²) in [5, 5.41) is 20.1. The topological polar surface area (TPSA) is 79.2 Å². The molecule has 0 aromatic rings. The summed E-state index contributed by atoms with van der Waals surface area (Å²) < 4.78 is 12.0. The van der Waals surface area contributed by atoms with E-state index in [1.165, 1.54) is 4.90 Å². The van der Waals surface area contributed by atoms with Crippen LogP contribution in [-0.4, -0.2) is 67.0 Å². The van der Waals surface area contributed by atoms with Gasteiger partial charge in [0.1, 0.15) is 0 Å². The predicted octanol–water partition coefficient (Wildman–Crippen LogP) is 3.94. The third-order valence-electron chi connectivity index (χ3n) is 5.72. The molecule has 1 saturated heterocycles. The van der Waals surface area contributed by atoms with Crippen LogP contribution in [0.25, 0.3) is 0 Å². The van der Waals surface area contributed by atoms with Crippen LogP contribution in [0.2, 0.25) is 18.1 Å². The lowest BCUT2D eigenvalue weighted by molar-refractivity contribution is -0.0187. The van der Waals surface area contributed by atoms with Crippen LogP contribution in [0.4, 0.5) is 4.79 Å². The minimum absolute atomic E-state index is 0.0166. The Labute approximate surface area is 160 Å². The molecule has 7 heteroatoms. The van der Waals surface area contributed by atoms with E-state index in [0.717, 1.165) is 6.42 Å². The highest BCUT2D eigenvalue weighted by molar-refractivity contribution is 6.74. The van der Waals surface area contributed by atoms with Gasteiger partial charge in [-0.15, -0.1) is 0 Å². The van der Waals surface area contributed by atoms with E-state index in [0.29, 0.717) is 25.6 Å². The minimum atomic E-state index is -2.16. The van der Waals surface area contributed by atoms with Crippen molar-refractivity contribution in [2.45, 2.75) is 90.2 Å². The van der Waals surface area contributed by atoms with Gasteiger partial charge in [-0.2, -0.15) is 0 Å². The van der Waals surface area contributed by atoms with Gasteiger partial charge in [-0.25, -0.2) is 4.79 Å². The van der Waals surface area contributed by atoms with Gasteiger partial charge in [-0.1, -0.05) is 20.8 Å². The molecule has 0 bridgehead atoms. The molecule has 0 aromatic heterocycles. The largest absolute Gasteiger partial charge is 0.465 e. The van der Waals surface area contributed by atoms with Crippen molar-refractivity contribution in [3.63, 3.8) is 0 Å².